The Bertz CT molecular complexity index is 945. The number of aromatic nitrogens is 3. The first-order valence-electron chi connectivity index (χ1n) is 11.2. The van der Waals surface area contributed by atoms with E-state index in [4.69, 9.17) is 4.98 Å². The van der Waals surface area contributed by atoms with Gasteiger partial charge in [0.2, 0.25) is 17.8 Å². The number of nitrogens with one attached hydrogen (secondary N) is 1. The number of hydrogen-bond acceptors (Lipinski definition) is 9. The highest BCUT2D eigenvalue weighted by atomic mass is 16.6. The van der Waals surface area contributed by atoms with Gasteiger partial charge in [-0.15, -0.1) is 0 Å². The van der Waals surface area contributed by atoms with Gasteiger partial charge in [-0.1, -0.05) is 12.1 Å². The van der Waals surface area contributed by atoms with Crippen molar-refractivity contribution in [1.29, 1.82) is 0 Å². The molecule has 0 unspecified atom stereocenters. The Hall–Kier alpha value is -3.56. The molecule has 32 heavy (non-hydrogen) atoms. The maximum atomic E-state index is 11.1. The summed E-state index contributed by atoms with van der Waals surface area (Å²) in [7, 11) is 0. The fourth-order valence-corrected chi connectivity index (χ4v) is 3.95. The van der Waals surface area contributed by atoms with Gasteiger partial charge >= 0.3 is 0 Å². The van der Waals surface area contributed by atoms with Crippen molar-refractivity contribution in [3.05, 3.63) is 46.0 Å². The van der Waals surface area contributed by atoms with Gasteiger partial charge in [-0.05, 0) is 56.7 Å². The zero-order valence-electron chi connectivity index (χ0n) is 18.1. The van der Waals surface area contributed by atoms with Gasteiger partial charge in [0.1, 0.15) is 0 Å². The Morgan fingerprint density at radius 1 is 0.906 bits per heavy atom. The zero-order chi connectivity index (χ0) is 22.2. The van der Waals surface area contributed by atoms with E-state index in [0.29, 0.717) is 23.4 Å². The molecule has 1 aromatic carbocycles. The lowest BCUT2D eigenvalue weighted by atomic mass is 10.1. The molecule has 3 heterocycles. The second kappa shape index (κ2) is 10.7. The summed E-state index contributed by atoms with van der Waals surface area (Å²) in [5, 5.41) is 15.3. The van der Waals surface area contributed by atoms with Gasteiger partial charge in [0.25, 0.3) is 5.69 Å². The molecule has 4 rings (SSSR count). The first kappa shape index (κ1) is 21.7. The van der Waals surface area contributed by atoms with Crippen LogP contribution in [0.1, 0.15) is 44.1 Å². The number of benzene rings is 1. The number of nitrogens with zero attached hydrogens (tertiary/aromatic N) is 7. The van der Waals surface area contributed by atoms with Crippen LogP contribution in [0.2, 0.25) is 0 Å². The molecule has 0 bridgehead atoms. The number of para-hydroxylation sites is 1. The number of anilines is 3. The number of allylic oxidation sites excluding steroid dienone is 1. The molecule has 2 aliphatic rings. The number of rotatable bonds is 7. The Morgan fingerprint density at radius 3 is 2.09 bits per heavy atom. The molecular formula is C22H28N8O2. The number of nitro benzene ring substituents is 1. The molecule has 2 aromatic rings. The lowest BCUT2D eigenvalue weighted by Gasteiger charge is -2.30. The lowest BCUT2D eigenvalue weighted by molar-refractivity contribution is -0.385. The minimum Gasteiger partial charge on any atom is -0.341 e. The highest BCUT2D eigenvalue weighted by Gasteiger charge is 2.20. The Labute approximate surface area is 187 Å². The topological polar surface area (TPSA) is 113 Å². The molecule has 10 heteroatoms. The summed E-state index contributed by atoms with van der Waals surface area (Å²) in [5.74, 6) is 1.78. The van der Waals surface area contributed by atoms with E-state index in [9.17, 15) is 10.1 Å². The molecule has 168 valence electrons. The highest BCUT2D eigenvalue weighted by Crippen LogP contribution is 2.22. The smallest absolute Gasteiger partial charge is 0.276 e. The van der Waals surface area contributed by atoms with Crippen LogP contribution in [0.15, 0.2) is 35.4 Å². The van der Waals surface area contributed by atoms with Crippen LogP contribution >= 0.6 is 0 Å². The van der Waals surface area contributed by atoms with Gasteiger partial charge in [0.15, 0.2) is 0 Å². The molecule has 1 aromatic heterocycles. The van der Waals surface area contributed by atoms with Crippen LogP contribution in [0.4, 0.5) is 23.5 Å². The second-order valence-corrected chi connectivity index (χ2v) is 7.92. The summed E-state index contributed by atoms with van der Waals surface area (Å²) in [5.41, 5.74) is 3.47. The average molecular weight is 437 g/mol. The van der Waals surface area contributed by atoms with E-state index >= 15 is 0 Å². The van der Waals surface area contributed by atoms with Crippen LogP contribution in [0.25, 0.3) is 6.08 Å². The van der Waals surface area contributed by atoms with Crippen molar-refractivity contribution < 1.29 is 4.92 Å². The summed E-state index contributed by atoms with van der Waals surface area (Å²) >= 11 is 0. The Morgan fingerprint density at radius 2 is 1.50 bits per heavy atom. The number of nitro groups is 1. The summed E-state index contributed by atoms with van der Waals surface area (Å²) in [6.07, 6.45) is 11.9. The van der Waals surface area contributed by atoms with E-state index in [0.717, 1.165) is 51.9 Å². The molecule has 0 spiro atoms. The second-order valence-electron chi connectivity index (χ2n) is 7.92. The van der Waals surface area contributed by atoms with Crippen LogP contribution in [0.5, 0.6) is 0 Å². The fraction of sp³-hybridized carbons (Fsp3) is 0.455. The van der Waals surface area contributed by atoms with Crippen molar-refractivity contribution in [2.45, 2.75) is 38.5 Å². The molecule has 2 saturated heterocycles. The third-order valence-corrected chi connectivity index (χ3v) is 5.62. The van der Waals surface area contributed by atoms with Gasteiger partial charge in [-0.3, -0.25) is 10.1 Å². The highest BCUT2D eigenvalue weighted by molar-refractivity contribution is 5.80. The van der Waals surface area contributed by atoms with Gasteiger partial charge < -0.3 is 9.80 Å². The number of piperidine rings is 2. The monoisotopic (exact) mass is 436 g/mol. The molecule has 0 radical (unpaired) electrons. The molecule has 0 saturated carbocycles. The largest absolute Gasteiger partial charge is 0.341 e. The lowest BCUT2D eigenvalue weighted by Crippen LogP contribution is -2.34. The average Bonchev–Trinajstić information content (AvgIpc) is 2.85. The maximum Gasteiger partial charge on any atom is 0.276 e. The molecule has 2 aliphatic heterocycles. The van der Waals surface area contributed by atoms with Crippen molar-refractivity contribution in [2.24, 2.45) is 5.10 Å². The first-order chi connectivity index (χ1) is 15.7. The van der Waals surface area contributed by atoms with E-state index in [1.54, 1.807) is 30.4 Å². The number of hydrazone groups is 1. The normalized spacial score (nSPS) is 17.2. The van der Waals surface area contributed by atoms with E-state index in [1.165, 1.54) is 25.1 Å². The van der Waals surface area contributed by atoms with Gasteiger partial charge in [-0.25, -0.2) is 5.43 Å². The fourth-order valence-electron chi connectivity index (χ4n) is 3.95. The van der Waals surface area contributed by atoms with Crippen molar-refractivity contribution in [2.75, 3.05) is 41.4 Å². The SMILES string of the molecule is O=[N+]([O-])c1ccccc1/C=C/C=N/Nc1nc(N2CCCCC2)nc(N2CCCCC2)n1. The van der Waals surface area contributed by atoms with Crippen molar-refractivity contribution in [1.82, 2.24) is 15.0 Å². The molecule has 0 atom stereocenters. The molecule has 2 fully saturated rings. The molecular weight excluding hydrogens is 408 g/mol. The maximum absolute atomic E-state index is 11.1. The minimum atomic E-state index is -0.399. The minimum absolute atomic E-state index is 0.0555. The molecule has 0 aliphatic carbocycles. The van der Waals surface area contributed by atoms with Gasteiger partial charge in [0, 0.05) is 38.5 Å². The summed E-state index contributed by atoms with van der Waals surface area (Å²) < 4.78 is 0. The van der Waals surface area contributed by atoms with E-state index in [-0.39, 0.29) is 5.69 Å². The van der Waals surface area contributed by atoms with Crippen molar-refractivity contribution >= 4 is 35.8 Å². The third kappa shape index (κ3) is 5.57. The Balaban J connectivity index is 1.48. The van der Waals surface area contributed by atoms with Gasteiger partial charge in [0.05, 0.1) is 10.5 Å². The molecule has 0 amide bonds. The van der Waals surface area contributed by atoms with Crippen LogP contribution in [-0.4, -0.2) is 52.3 Å². The van der Waals surface area contributed by atoms with Gasteiger partial charge in [-0.2, -0.15) is 20.1 Å². The predicted octanol–water partition coefficient (Wildman–Crippen LogP) is 3.87. The first-order valence-corrected chi connectivity index (χ1v) is 11.2. The zero-order valence-corrected chi connectivity index (χ0v) is 18.1. The summed E-state index contributed by atoms with van der Waals surface area (Å²) in [6, 6.07) is 6.57. The molecule has 1 N–H and O–H groups in total. The standard InChI is InChI=1S/C22H28N8O2/c31-30(32)19-12-4-3-10-18(19)11-9-13-23-27-20-24-21(28-14-5-1-6-15-28)26-22(25-20)29-16-7-2-8-17-29/h3-4,9-13H,1-2,5-8,14-17H2,(H,24,25,26,27)/b11-9+,23-13+. The quantitative estimate of drug-likeness (QED) is 0.395. The summed E-state index contributed by atoms with van der Waals surface area (Å²) in [4.78, 5) is 29.1. The van der Waals surface area contributed by atoms with Crippen molar-refractivity contribution in [3.8, 4) is 0 Å². The van der Waals surface area contributed by atoms with E-state index in [2.05, 4.69) is 30.3 Å². The number of hydrogen-bond donors (Lipinski definition) is 1. The summed E-state index contributed by atoms with van der Waals surface area (Å²) in [6.45, 7) is 3.80. The van der Waals surface area contributed by atoms with Crippen molar-refractivity contribution in [3.63, 3.8) is 0 Å². The van der Waals surface area contributed by atoms with E-state index in [1.807, 2.05) is 0 Å². The van der Waals surface area contributed by atoms with Crippen LogP contribution in [0, 0.1) is 10.1 Å². The van der Waals surface area contributed by atoms with Crippen LogP contribution < -0.4 is 15.2 Å². The van der Waals surface area contributed by atoms with E-state index < -0.39 is 4.92 Å². The third-order valence-electron chi connectivity index (χ3n) is 5.62. The predicted molar refractivity (Wildman–Crippen MR) is 126 cm³/mol. The Kier molecular flexibility index (Phi) is 7.21. The van der Waals surface area contributed by atoms with Crippen LogP contribution in [-0.2, 0) is 0 Å². The molecule has 10 nitrogen and oxygen atoms in total. The van der Waals surface area contributed by atoms with Crippen LogP contribution in [0.3, 0.4) is 0 Å².